The minimum atomic E-state index is 0.618. The lowest BCUT2D eigenvalue weighted by Gasteiger charge is -2.12. The SMILES string of the molecule is c1ccc(-c2cc(-c3ccc(-c4ccc5c(c4)oc4ccccc45)c4c3oc3ccccc34)nc(-c3ccc(-c4cnc(-c5ccccc5)nc4)cc3)n2)cc1. The normalized spacial score (nSPS) is 11.6. The number of rotatable bonds is 6. The van der Waals surface area contributed by atoms with E-state index in [2.05, 4.69) is 101 Å². The molecule has 0 unspecified atom stereocenters. The average molecular weight is 719 g/mol. The van der Waals surface area contributed by atoms with Crippen LogP contribution in [0.2, 0.25) is 0 Å². The third-order valence-corrected chi connectivity index (χ3v) is 10.4. The Hall–Kier alpha value is -7.70. The maximum atomic E-state index is 6.73. The summed E-state index contributed by atoms with van der Waals surface area (Å²) < 4.78 is 13.0. The van der Waals surface area contributed by atoms with Crippen LogP contribution in [-0.4, -0.2) is 19.9 Å². The molecule has 0 fully saturated rings. The number of nitrogens with zero attached hydrogens (tertiary/aromatic N) is 4. The predicted molar refractivity (Wildman–Crippen MR) is 225 cm³/mol. The first-order valence-electron chi connectivity index (χ1n) is 18.5. The predicted octanol–water partition coefficient (Wildman–Crippen LogP) is 13.1. The fourth-order valence-electron chi connectivity index (χ4n) is 7.66. The molecular formula is C50H30N4O2. The maximum Gasteiger partial charge on any atom is 0.160 e. The van der Waals surface area contributed by atoms with Crippen LogP contribution in [-0.2, 0) is 0 Å². The minimum absolute atomic E-state index is 0.618. The first-order chi connectivity index (χ1) is 27.7. The van der Waals surface area contributed by atoms with Crippen LogP contribution in [0, 0.1) is 0 Å². The molecule has 4 heterocycles. The fraction of sp³-hybridized carbons (Fsp3) is 0. The summed E-state index contributed by atoms with van der Waals surface area (Å²) in [6, 6.07) is 57.6. The van der Waals surface area contributed by atoms with Gasteiger partial charge in [-0.2, -0.15) is 0 Å². The number of para-hydroxylation sites is 2. The van der Waals surface area contributed by atoms with E-state index in [1.165, 1.54) is 0 Å². The maximum absolute atomic E-state index is 6.73. The highest BCUT2D eigenvalue weighted by Crippen LogP contribution is 2.43. The third kappa shape index (κ3) is 5.43. The van der Waals surface area contributed by atoms with Gasteiger partial charge in [-0.25, -0.2) is 19.9 Å². The van der Waals surface area contributed by atoms with Crippen molar-refractivity contribution in [2.24, 2.45) is 0 Å². The summed E-state index contributed by atoms with van der Waals surface area (Å²) in [4.78, 5) is 19.6. The number of fused-ring (bicyclic) bond motifs is 6. The molecule has 11 rings (SSSR count). The van der Waals surface area contributed by atoms with Crippen LogP contribution < -0.4 is 0 Å². The Morgan fingerprint density at radius 1 is 0.339 bits per heavy atom. The zero-order chi connectivity index (χ0) is 37.0. The van der Waals surface area contributed by atoms with Gasteiger partial charge in [0.1, 0.15) is 22.3 Å². The molecule has 0 spiro atoms. The summed E-state index contributed by atoms with van der Waals surface area (Å²) in [5.41, 5.74) is 12.7. The standard InChI is InChI=1S/C50H30N4O2/c1-3-11-32(12-4-1)42-28-43(54-50(53-42)34-21-19-31(20-22-34)36-29-51-49(52-30-36)33-13-5-2-6-14-33)40-26-25-37(47-41-16-8-10-18-45(41)56-48(40)47)35-23-24-39-38-15-7-9-17-44(38)55-46(39)27-35/h1-30H. The molecule has 0 aliphatic rings. The van der Waals surface area contributed by atoms with Gasteiger partial charge < -0.3 is 8.83 Å². The number of hydrogen-bond donors (Lipinski definition) is 0. The van der Waals surface area contributed by atoms with E-state index in [0.717, 1.165) is 99.8 Å². The molecule has 0 aliphatic heterocycles. The first-order valence-corrected chi connectivity index (χ1v) is 18.5. The summed E-state index contributed by atoms with van der Waals surface area (Å²) in [7, 11) is 0. The van der Waals surface area contributed by atoms with Crippen molar-refractivity contribution in [2.45, 2.75) is 0 Å². The van der Waals surface area contributed by atoms with Gasteiger partial charge in [-0.3, -0.25) is 0 Å². The molecule has 6 heteroatoms. The lowest BCUT2D eigenvalue weighted by Crippen LogP contribution is -1.96. The molecule has 7 aromatic carbocycles. The Morgan fingerprint density at radius 3 is 1.68 bits per heavy atom. The fourth-order valence-corrected chi connectivity index (χ4v) is 7.66. The van der Waals surface area contributed by atoms with E-state index in [1.54, 1.807) is 0 Å². The quantitative estimate of drug-likeness (QED) is 0.170. The van der Waals surface area contributed by atoms with Crippen molar-refractivity contribution in [1.29, 1.82) is 0 Å². The molecular weight excluding hydrogens is 689 g/mol. The Bertz CT molecular complexity index is 3220. The van der Waals surface area contributed by atoms with Crippen molar-refractivity contribution < 1.29 is 8.83 Å². The lowest BCUT2D eigenvalue weighted by molar-refractivity contribution is 0.668. The van der Waals surface area contributed by atoms with Gasteiger partial charge in [-0.1, -0.05) is 133 Å². The summed E-state index contributed by atoms with van der Waals surface area (Å²) in [6.45, 7) is 0. The summed E-state index contributed by atoms with van der Waals surface area (Å²) >= 11 is 0. The second-order valence-corrected chi connectivity index (χ2v) is 13.8. The summed E-state index contributed by atoms with van der Waals surface area (Å²) in [5, 5.41) is 4.27. The van der Waals surface area contributed by atoms with E-state index in [0.29, 0.717) is 11.6 Å². The van der Waals surface area contributed by atoms with Crippen LogP contribution in [0.4, 0.5) is 0 Å². The molecule has 0 saturated heterocycles. The highest BCUT2D eigenvalue weighted by Gasteiger charge is 2.20. The van der Waals surface area contributed by atoms with E-state index in [4.69, 9.17) is 18.8 Å². The smallest absolute Gasteiger partial charge is 0.160 e. The molecule has 11 aromatic rings. The first kappa shape index (κ1) is 31.8. The van der Waals surface area contributed by atoms with Crippen LogP contribution >= 0.6 is 0 Å². The number of benzene rings is 7. The topological polar surface area (TPSA) is 77.8 Å². The van der Waals surface area contributed by atoms with Gasteiger partial charge in [0.25, 0.3) is 0 Å². The largest absolute Gasteiger partial charge is 0.456 e. The molecule has 0 N–H and O–H groups in total. The zero-order valence-corrected chi connectivity index (χ0v) is 29.9. The van der Waals surface area contributed by atoms with Crippen molar-refractivity contribution in [1.82, 2.24) is 19.9 Å². The molecule has 262 valence electrons. The van der Waals surface area contributed by atoms with Crippen molar-refractivity contribution in [3.05, 3.63) is 182 Å². The second kappa shape index (κ2) is 13.0. The molecule has 0 radical (unpaired) electrons. The van der Waals surface area contributed by atoms with E-state index < -0.39 is 0 Å². The van der Waals surface area contributed by atoms with Gasteiger partial charge >= 0.3 is 0 Å². The number of furan rings is 2. The van der Waals surface area contributed by atoms with E-state index in [-0.39, 0.29) is 0 Å². The summed E-state index contributed by atoms with van der Waals surface area (Å²) in [5.74, 6) is 1.32. The van der Waals surface area contributed by atoms with Crippen LogP contribution in [0.1, 0.15) is 0 Å². The van der Waals surface area contributed by atoms with Crippen LogP contribution in [0.5, 0.6) is 0 Å². The zero-order valence-electron chi connectivity index (χ0n) is 29.9. The lowest BCUT2D eigenvalue weighted by atomic mass is 9.95. The van der Waals surface area contributed by atoms with Crippen LogP contribution in [0.25, 0.3) is 111 Å². The molecule has 4 aromatic heterocycles. The molecule has 6 nitrogen and oxygen atoms in total. The van der Waals surface area contributed by atoms with E-state index in [9.17, 15) is 0 Å². The summed E-state index contributed by atoms with van der Waals surface area (Å²) in [6.07, 6.45) is 3.73. The van der Waals surface area contributed by atoms with Gasteiger partial charge in [-0.05, 0) is 53.1 Å². The van der Waals surface area contributed by atoms with Gasteiger partial charge in [-0.15, -0.1) is 0 Å². The molecule has 56 heavy (non-hydrogen) atoms. The Labute approximate surface area is 321 Å². The highest BCUT2D eigenvalue weighted by atomic mass is 16.3. The molecule has 0 aliphatic carbocycles. The second-order valence-electron chi connectivity index (χ2n) is 13.8. The van der Waals surface area contributed by atoms with Gasteiger partial charge in [0.05, 0.1) is 11.4 Å². The molecule has 0 saturated carbocycles. The molecule has 0 atom stereocenters. The third-order valence-electron chi connectivity index (χ3n) is 10.4. The van der Waals surface area contributed by atoms with Crippen LogP contribution in [0.15, 0.2) is 191 Å². The highest BCUT2D eigenvalue weighted by molar-refractivity contribution is 6.17. The van der Waals surface area contributed by atoms with Gasteiger partial charge in [0, 0.05) is 61.8 Å². The van der Waals surface area contributed by atoms with E-state index >= 15 is 0 Å². The minimum Gasteiger partial charge on any atom is -0.456 e. The van der Waals surface area contributed by atoms with E-state index in [1.807, 2.05) is 91.3 Å². The Kier molecular flexibility index (Phi) is 7.38. The van der Waals surface area contributed by atoms with Crippen LogP contribution in [0.3, 0.4) is 0 Å². The van der Waals surface area contributed by atoms with Crippen molar-refractivity contribution in [3.8, 4) is 67.5 Å². The van der Waals surface area contributed by atoms with Crippen molar-refractivity contribution >= 4 is 43.9 Å². The molecule has 0 amide bonds. The Balaban J connectivity index is 1.04. The molecule has 0 bridgehead atoms. The van der Waals surface area contributed by atoms with Crippen molar-refractivity contribution in [3.63, 3.8) is 0 Å². The monoisotopic (exact) mass is 718 g/mol. The number of hydrogen-bond acceptors (Lipinski definition) is 6. The number of aromatic nitrogens is 4. The Morgan fingerprint density at radius 2 is 0.911 bits per heavy atom. The average Bonchev–Trinajstić information content (AvgIpc) is 3.85. The van der Waals surface area contributed by atoms with Gasteiger partial charge in [0.2, 0.25) is 0 Å². The van der Waals surface area contributed by atoms with Gasteiger partial charge in [0.15, 0.2) is 11.6 Å². The van der Waals surface area contributed by atoms with Crippen molar-refractivity contribution in [2.75, 3.05) is 0 Å².